The first-order valence-corrected chi connectivity index (χ1v) is 7.62. The summed E-state index contributed by atoms with van der Waals surface area (Å²) in [6.07, 6.45) is 1.69. The maximum Gasteiger partial charge on any atom is 0.222 e. The number of rotatable bonds is 5. The van der Waals surface area contributed by atoms with Crippen LogP contribution in [0.2, 0.25) is 0 Å². The summed E-state index contributed by atoms with van der Waals surface area (Å²) in [5, 5.41) is 6.22. The fraction of sp³-hybridized carbons (Fsp3) is 0.385. The van der Waals surface area contributed by atoms with Crippen molar-refractivity contribution in [2.45, 2.75) is 13.5 Å². The van der Waals surface area contributed by atoms with E-state index in [2.05, 4.69) is 25.9 Å². The molecule has 0 fully saturated rings. The average molecular weight is 342 g/mol. The van der Waals surface area contributed by atoms with Crippen LogP contribution >= 0.6 is 27.3 Å². The molecule has 0 N–H and O–H groups in total. The fourth-order valence-electron chi connectivity index (χ4n) is 1.77. The molecule has 0 spiro atoms. The highest BCUT2D eigenvalue weighted by molar-refractivity contribution is 9.10. The molecule has 0 radical (unpaired) electrons. The number of halogens is 1. The number of aromatic nitrogens is 2. The van der Waals surface area contributed by atoms with Gasteiger partial charge in [0, 0.05) is 6.54 Å². The van der Waals surface area contributed by atoms with Gasteiger partial charge in [-0.1, -0.05) is 0 Å². The minimum absolute atomic E-state index is 0.0376. The lowest BCUT2D eigenvalue weighted by atomic mass is 10.2. The van der Waals surface area contributed by atoms with Crippen LogP contribution in [0.15, 0.2) is 22.1 Å². The Balaban J connectivity index is 2.31. The molecule has 0 unspecified atom stereocenters. The summed E-state index contributed by atoms with van der Waals surface area (Å²) in [6, 6.07) is 1.96. The minimum Gasteiger partial charge on any atom is -0.308 e. The van der Waals surface area contributed by atoms with Crippen molar-refractivity contribution >= 4 is 33.0 Å². The first-order chi connectivity index (χ1) is 9.00. The first-order valence-electron chi connectivity index (χ1n) is 5.95. The van der Waals surface area contributed by atoms with Crippen molar-refractivity contribution in [2.24, 2.45) is 0 Å². The number of thiophene rings is 1. The highest BCUT2D eigenvalue weighted by atomic mass is 79.9. The van der Waals surface area contributed by atoms with Crippen LogP contribution in [0.25, 0.3) is 0 Å². The van der Waals surface area contributed by atoms with Crippen molar-refractivity contribution < 1.29 is 4.79 Å². The fourth-order valence-corrected chi connectivity index (χ4v) is 3.11. The molecule has 4 nitrogen and oxygen atoms in total. The number of aryl methyl sites for hydroxylation is 1. The largest absolute Gasteiger partial charge is 0.308 e. The van der Waals surface area contributed by atoms with Crippen LogP contribution in [0, 0.1) is 6.92 Å². The van der Waals surface area contributed by atoms with Gasteiger partial charge in [-0.25, -0.2) is 0 Å². The maximum atomic E-state index is 12.6. The number of hydrogen-bond donors (Lipinski definition) is 0. The van der Waals surface area contributed by atoms with E-state index in [-0.39, 0.29) is 5.78 Å². The molecule has 0 aromatic carbocycles. The Labute approximate surface area is 125 Å². The third kappa shape index (κ3) is 3.13. The standard InChI is InChI=1S/C13H16BrN3OS/c1-9-4-7-19-13(9)12(18)11-10(14)8-15-17(11)6-5-16(2)3/h4,7-8H,5-6H2,1-3H3. The third-order valence-corrected chi connectivity index (χ3v) is 4.43. The summed E-state index contributed by atoms with van der Waals surface area (Å²) in [4.78, 5) is 15.4. The van der Waals surface area contributed by atoms with Crippen LogP contribution in [0.4, 0.5) is 0 Å². The van der Waals surface area contributed by atoms with Gasteiger partial charge in [0.05, 0.1) is 22.1 Å². The molecule has 6 heteroatoms. The Morgan fingerprint density at radius 1 is 1.53 bits per heavy atom. The van der Waals surface area contributed by atoms with Gasteiger partial charge in [0.15, 0.2) is 0 Å². The molecule has 19 heavy (non-hydrogen) atoms. The molecule has 0 aliphatic carbocycles. The van der Waals surface area contributed by atoms with Crippen LogP contribution in [0.5, 0.6) is 0 Å². The Kier molecular flexibility index (Phi) is 4.54. The van der Waals surface area contributed by atoms with Crippen molar-refractivity contribution in [1.29, 1.82) is 0 Å². The molecule has 102 valence electrons. The van der Waals surface area contributed by atoms with Gasteiger partial charge in [-0.3, -0.25) is 9.48 Å². The van der Waals surface area contributed by atoms with Crippen molar-refractivity contribution in [3.63, 3.8) is 0 Å². The highest BCUT2D eigenvalue weighted by Crippen LogP contribution is 2.24. The van der Waals surface area contributed by atoms with Crippen molar-refractivity contribution in [3.05, 3.63) is 38.3 Å². The van der Waals surface area contributed by atoms with Gasteiger partial charge in [0.25, 0.3) is 0 Å². The molecule has 2 aromatic heterocycles. The number of carbonyl (C=O) groups is 1. The van der Waals surface area contributed by atoms with Gasteiger partial charge in [-0.2, -0.15) is 5.10 Å². The molecule has 0 aliphatic heterocycles. The monoisotopic (exact) mass is 341 g/mol. The predicted molar refractivity (Wildman–Crippen MR) is 81.0 cm³/mol. The lowest BCUT2D eigenvalue weighted by molar-refractivity contribution is 0.103. The first kappa shape index (κ1) is 14.4. The highest BCUT2D eigenvalue weighted by Gasteiger charge is 2.21. The van der Waals surface area contributed by atoms with Crippen LogP contribution in [0.1, 0.15) is 20.9 Å². The average Bonchev–Trinajstić information content (AvgIpc) is 2.92. The number of carbonyl (C=O) groups excluding carboxylic acids is 1. The number of nitrogens with zero attached hydrogens (tertiary/aromatic N) is 3. The quantitative estimate of drug-likeness (QED) is 0.785. The van der Waals surface area contributed by atoms with E-state index < -0.39 is 0 Å². The van der Waals surface area contributed by atoms with E-state index in [0.717, 1.165) is 21.5 Å². The Hall–Kier alpha value is -0.980. The van der Waals surface area contributed by atoms with Crippen molar-refractivity contribution in [1.82, 2.24) is 14.7 Å². The zero-order valence-electron chi connectivity index (χ0n) is 11.2. The second-order valence-corrected chi connectivity index (χ2v) is 6.40. The molecule has 0 amide bonds. The van der Waals surface area contributed by atoms with Gasteiger partial charge >= 0.3 is 0 Å². The summed E-state index contributed by atoms with van der Waals surface area (Å²) in [5.74, 6) is 0.0376. The zero-order valence-corrected chi connectivity index (χ0v) is 13.6. The van der Waals surface area contributed by atoms with E-state index in [4.69, 9.17) is 0 Å². The van der Waals surface area contributed by atoms with Crippen LogP contribution < -0.4 is 0 Å². The Bertz CT molecular complexity index is 588. The molecule has 0 aliphatic rings. The van der Waals surface area contributed by atoms with E-state index in [9.17, 15) is 4.79 Å². The van der Waals surface area contributed by atoms with Gasteiger partial charge < -0.3 is 4.90 Å². The molecule has 0 saturated carbocycles. The molecule has 0 atom stereocenters. The predicted octanol–water partition coefficient (Wildman–Crippen LogP) is 2.81. The van der Waals surface area contributed by atoms with Gasteiger partial charge in [0.1, 0.15) is 5.69 Å². The Morgan fingerprint density at radius 2 is 2.26 bits per heavy atom. The minimum atomic E-state index is 0.0376. The maximum absolute atomic E-state index is 12.6. The van der Waals surface area contributed by atoms with Crippen LogP contribution in [-0.2, 0) is 6.54 Å². The molecule has 0 bridgehead atoms. The molecule has 2 rings (SSSR count). The smallest absolute Gasteiger partial charge is 0.222 e. The molecule has 0 saturated heterocycles. The third-order valence-electron chi connectivity index (χ3n) is 2.84. The topological polar surface area (TPSA) is 38.1 Å². The summed E-state index contributed by atoms with van der Waals surface area (Å²) >= 11 is 4.90. The van der Waals surface area contributed by atoms with Gasteiger partial charge in [0.2, 0.25) is 5.78 Å². The zero-order chi connectivity index (χ0) is 14.0. The van der Waals surface area contributed by atoms with E-state index in [0.29, 0.717) is 12.2 Å². The van der Waals surface area contributed by atoms with E-state index in [1.165, 1.54) is 11.3 Å². The molecular formula is C13H16BrN3OS. The molecule has 2 heterocycles. The second-order valence-electron chi connectivity index (χ2n) is 4.63. The number of ketones is 1. The molecule has 2 aromatic rings. The Morgan fingerprint density at radius 3 is 2.84 bits per heavy atom. The van der Waals surface area contributed by atoms with E-state index in [1.807, 2.05) is 32.5 Å². The van der Waals surface area contributed by atoms with Crippen LogP contribution in [0.3, 0.4) is 0 Å². The van der Waals surface area contributed by atoms with Gasteiger partial charge in [-0.05, 0) is 54.0 Å². The summed E-state index contributed by atoms with van der Waals surface area (Å²) in [6.45, 7) is 3.50. The van der Waals surface area contributed by atoms with Crippen LogP contribution in [-0.4, -0.2) is 41.1 Å². The lowest BCUT2D eigenvalue weighted by Gasteiger charge is -2.11. The summed E-state index contributed by atoms with van der Waals surface area (Å²) in [7, 11) is 4.01. The second kappa shape index (κ2) is 5.98. The van der Waals surface area contributed by atoms with E-state index >= 15 is 0 Å². The normalized spacial score (nSPS) is 11.2. The number of likely N-dealkylation sites (N-methyl/N-ethyl adjacent to an activating group) is 1. The molecular weight excluding hydrogens is 326 g/mol. The van der Waals surface area contributed by atoms with Crippen molar-refractivity contribution in [3.8, 4) is 0 Å². The summed E-state index contributed by atoms with van der Waals surface area (Å²) < 4.78 is 2.52. The summed E-state index contributed by atoms with van der Waals surface area (Å²) in [5.41, 5.74) is 1.65. The van der Waals surface area contributed by atoms with Gasteiger partial charge in [-0.15, -0.1) is 11.3 Å². The lowest BCUT2D eigenvalue weighted by Crippen LogP contribution is -2.21. The SMILES string of the molecule is Cc1ccsc1C(=O)c1c(Br)cnn1CCN(C)C. The van der Waals surface area contributed by atoms with Crippen molar-refractivity contribution in [2.75, 3.05) is 20.6 Å². The number of hydrogen-bond acceptors (Lipinski definition) is 4. The van der Waals surface area contributed by atoms with E-state index in [1.54, 1.807) is 10.9 Å².